The fraction of sp³-hybridized carbons (Fsp3) is 0.826. The summed E-state index contributed by atoms with van der Waals surface area (Å²) in [4.78, 5) is 21.6. The van der Waals surface area contributed by atoms with Crippen LogP contribution in [0.5, 0.6) is 0 Å². The SMILES string of the molecule is C=C(CCCCCCCC(O)CCCCCCCCCCC(=O)O)C(=O)OC. The molecule has 0 amide bonds. The van der Waals surface area contributed by atoms with Gasteiger partial charge in [-0.15, -0.1) is 0 Å². The number of rotatable bonds is 20. The number of aliphatic hydroxyl groups excluding tert-OH is 1. The lowest BCUT2D eigenvalue weighted by atomic mass is 10.0. The minimum absolute atomic E-state index is 0.171. The highest BCUT2D eigenvalue weighted by atomic mass is 16.5. The van der Waals surface area contributed by atoms with Crippen molar-refractivity contribution in [2.45, 2.75) is 115 Å². The second-order valence-corrected chi connectivity index (χ2v) is 7.82. The van der Waals surface area contributed by atoms with Crippen molar-refractivity contribution in [2.75, 3.05) is 7.11 Å². The van der Waals surface area contributed by atoms with Gasteiger partial charge >= 0.3 is 11.9 Å². The number of aliphatic carboxylic acids is 1. The highest BCUT2D eigenvalue weighted by molar-refractivity contribution is 5.87. The van der Waals surface area contributed by atoms with Gasteiger partial charge in [-0.25, -0.2) is 4.79 Å². The van der Waals surface area contributed by atoms with E-state index in [2.05, 4.69) is 11.3 Å². The van der Waals surface area contributed by atoms with Crippen LogP contribution in [0, 0.1) is 0 Å². The maximum Gasteiger partial charge on any atom is 0.333 e. The van der Waals surface area contributed by atoms with Crippen LogP contribution in [0.4, 0.5) is 0 Å². The van der Waals surface area contributed by atoms with Crippen molar-refractivity contribution >= 4 is 11.9 Å². The van der Waals surface area contributed by atoms with Gasteiger partial charge in [0.25, 0.3) is 0 Å². The first-order valence-corrected chi connectivity index (χ1v) is 11.1. The minimum atomic E-state index is -0.694. The molecule has 0 saturated heterocycles. The summed E-state index contributed by atoms with van der Waals surface area (Å²) in [5.41, 5.74) is 0.552. The third-order valence-corrected chi connectivity index (χ3v) is 5.17. The number of esters is 1. The normalized spacial score (nSPS) is 11.9. The van der Waals surface area contributed by atoms with E-state index in [0.29, 0.717) is 18.4 Å². The molecule has 0 aromatic carbocycles. The highest BCUT2D eigenvalue weighted by Crippen LogP contribution is 2.15. The Labute approximate surface area is 171 Å². The lowest BCUT2D eigenvalue weighted by Gasteiger charge is -2.10. The molecule has 0 aromatic heterocycles. The van der Waals surface area contributed by atoms with Crippen LogP contribution in [0.3, 0.4) is 0 Å². The molecule has 0 bridgehead atoms. The van der Waals surface area contributed by atoms with E-state index in [1.807, 2.05) is 0 Å². The van der Waals surface area contributed by atoms with Gasteiger partial charge in [0.05, 0.1) is 13.2 Å². The van der Waals surface area contributed by atoms with Gasteiger partial charge in [-0.2, -0.15) is 0 Å². The van der Waals surface area contributed by atoms with Gasteiger partial charge in [0, 0.05) is 12.0 Å². The number of carboxylic acid groups (broad SMARTS) is 1. The number of ether oxygens (including phenoxy) is 1. The van der Waals surface area contributed by atoms with Crippen LogP contribution in [-0.2, 0) is 14.3 Å². The van der Waals surface area contributed by atoms with Crippen molar-refractivity contribution in [1.29, 1.82) is 0 Å². The van der Waals surface area contributed by atoms with E-state index in [4.69, 9.17) is 5.11 Å². The molecule has 0 aliphatic rings. The van der Waals surface area contributed by atoms with Gasteiger partial charge in [0.1, 0.15) is 0 Å². The standard InChI is InChI=1S/C23H42O5/c1-20(23(27)28-2)16-12-8-7-10-14-18-21(24)17-13-9-5-3-4-6-11-15-19-22(25)26/h21,24H,1,3-19H2,2H3,(H,25,26). The molecule has 0 saturated carbocycles. The van der Waals surface area contributed by atoms with Crippen LogP contribution in [0.15, 0.2) is 12.2 Å². The van der Waals surface area contributed by atoms with Gasteiger partial charge in [-0.1, -0.05) is 77.2 Å². The zero-order valence-electron chi connectivity index (χ0n) is 17.9. The number of aliphatic hydroxyl groups is 1. The second kappa shape index (κ2) is 19.0. The van der Waals surface area contributed by atoms with E-state index in [0.717, 1.165) is 70.6 Å². The fourth-order valence-corrected chi connectivity index (χ4v) is 3.36. The maximum atomic E-state index is 11.2. The van der Waals surface area contributed by atoms with Gasteiger partial charge in [-0.05, 0) is 32.1 Å². The first-order chi connectivity index (χ1) is 13.5. The van der Waals surface area contributed by atoms with Crippen molar-refractivity contribution in [1.82, 2.24) is 0 Å². The zero-order valence-corrected chi connectivity index (χ0v) is 17.9. The molecule has 0 spiro atoms. The molecular formula is C23H42O5. The van der Waals surface area contributed by atoms with E-state index in [1.165, 1.54) is 32.8 Å². The molecule has 0 heterocycles. The van der Waals surface area contributed by atoms with E-state index in [-0.39, 0.29) is 12.1 Å². The summed E-state index contributed by atoms with van der Waals surface area (Å²) in [6.45, 7) is 3.72. The smallest absolute Gasteiger partial charge is 0.333 e. The van der Waals surface area contributed by atoms with Crippen LogP contribution in [0.2, 0.25) is 0 Å². The molecule has 5 nitrogen and oxygen atoms in total. The van der Waals surface area contributed by atoms with Gasteiger partial charge in [0.2, 0.25) is 0 Å². The van der Waals surface area contributed by atoms with Crippen molar-refractivity contribution in [2.24, 2.45) is 0 Å². The lowest BCUT2D eigenvalue weighted by Crippen LogP contribution is -2.06. The number of hydrogen-bond acceptors (Lipinski definition) is 4. The summed E-state index contributed by atoms with van der Waals surface area (Å²) in [5.74, 6) is -1.00. The van der Waals surface area contributed by atoms with Gasteiger partial charge < -0.3 is 14.9 Å². The molecule has 0 aliphatic heterocycles. The van der Waals surface area contributed by atoms with Crippen molar-refractivity contribution in [3.05, 3.63) is 12.2 Å². The Morgan fingerprint density at radius 2 is 1.14 bits per heavy atom. The molecule has 164 valence electrons. The Balaban J connectivity index is 3.29. The molecule has 0 aromatic rings. The van der Waals surface area contributed by atoms with Crippen LogP contribution >= 0.6 is 0 Å². The second-order valence-electron chi connectivity index (χ2n) is 7.82. The Morgan fingerprint density at radius 3 is 1.57 bits per heavy atom. The summed E-state index contributed by atoms with van der Waals surface area (Å²) in [6, 6.07) is 0. The van der Waals surface area contributed by atoms with E-state index in [9.17, 15) is 14.7 Å². The lowest BCUT2D eigenvalue weighted by molar-refractivity contribution is -0.137. The summed E-state index contributed by atoms with van der Waals surface area (Å²) in [7, 11) is 1.38. The molecule has 0 fully saturated rings. The first kappa shape index (κ1) is 26.6. The van der Waals surface area contributed by atoms with E-state index >= 15 is 0 Å². The zero-order chi connectivity index (χ0) is 21.0. The highest BCUT2D eigenvalue weighted by Gasteiger charge is 2.06. The Bertz CT molecular complexity index is 419. The maximum absolute atomic E-state index is 11.2. The number of carbonyl (C=O) groups excluding carboxylic acids is 1. The summed E-state index contributed by atoms with van der Waals surface area (Å²) in [6.07, 6.45) is 16.8. The molecule has 1 unspecified atom stereocenters. The summed E-state index contributed by atoms with van der Waals surface area (Å²) >= 11 is 0. The van der Waals surface area contributed by atoms with E-state index < -0.39 is 5.97 Å². The third-order valence-electron chi connectivity index (χ3n) is 5.17. The number of unbranched alkanes of at least 4 members (excludes halogenated alkanes) is 11. The molecule has 0 aliphatic carbocycles. The molecule has 0 rings (SSSR count). The largest absolute Gasteiger partial charge is 0.481 e. The number of carboxylic acids is 1. The predicted molar refractivity (Wildman–Crippen MR) is 113 cm³/mol. The van der Waals surface area contributed by atoms with Gasteiger partial charge in [0.15, 0.2) is 0 Å². The topological polar surface area (TPSA) is 83.8 Å². The number of carbonyl (C=O) groups is 2. The number of hydrogen-bond donors (Lipinski definition) is 2. The van der Waals surface area contributed by atoms with Crippen molar-refractivity contribution in [3.63, 3.8) is 0 Å². The van der Waals surface area contributed by atoms with E-state index in [1.54, 1.807) is 0 Å². The average molecular weight is 399 g/mol. The molecule has 2 N–H and O–H groups in total. The van der Waals surface area contributed by atoms with Crippen LogP contribution in [0.25, 0.3) is 0 Å². The van der Waals surface area contributed by atoms with Crippen LogP contribution in [-0.4, -0.2) is 35.4 Å². The summed E-state index contributed by atoms with van der Waals surface area (Å²) < 4.78 is 4.63. The third kappa shape index (κ3) is 18.0. The first-order valence-electron chi connectivity index (χ1n) is 11.1. The van der Waals surface area contributed by atoms with Gasteiger partial charge in [-0.3, -0.25) is 4.79 Å². The average Bonchev–Trinajstić information content (AvgIpc) is 2.67. The Hall–Kier alpha value is -1.36. The number of methoxy groups -OCH3 is 1. The monoisotopic (exact) mass is 398 g/mol. The Morgan fingerprint density at radius 1 is 0.750 bits per heavy atom. The summed E-state index contributed by atoms with van der Waals surface area (Å²) in [5, 5.41) is 18.6. The molecule has 28 heavy (non-hydrogen) atoms. The van der Waals surface area contributed by atoms with Crippen LogP contribution < -0.4 is 0 Å². The van der Waals surface area contributed by atoms with Crippen LogP contribution in [0.1, 0.15) is 109 Å². The molecule has 5 heteroatoms. The molecule has 1 atom stereocenters. The molecule has 0 radical (unpaired) electrons. The predicted octanol–water partition coefficient (Wildman–Crippen LogP) is 5.79. The fourth-order valence-electron chi connectivity index (χ4n) is 3.36. The quantitative estimate of drug-likeness (QED) is 0.154. The minimum Gasteiger partial charge on any atom is -0.481 e. The van der Waals surface area contributed by atoms with Crippen molar-refractivity contribution < 1.29 is 24.5 Å². The van der Waals surface area contributed by atoms with Crippen molar-refractivity contribution in [3.8, 4) is 0 Å². The molecular weight excluding hydrogens is 356 g/mol. The Kier molecular flexibility index (Phi) is 18.1.